The lowest BCUT2D eigenvalue weighted by molar-refractivity contribution is -0.171. The summed E-state index contributed by atoms with van der Waals surface area (Å²) < 4.78 is 20.8. The van der Waals surface area contributed by atoms with Crippen LogP contribution in [-0.2, 0) is 20.7 Å². The number of hydrogen-bond donors (Lipinski definition) is 2. The molecule has 4 aliphatic carbocycles. The molecule has 1 aromatic carbocycles. The fourth-order valence-corrected chi connectivity index (χ4v) is 9.66. The van der Waals surface area contributed by atoms with Crippen molar-refractivity contribution in [2.45, 2.75) is 115 Å². The van der Waals surface area contributed by atoms with Crippen LogP contribution in [0.5, 0.6) is 17.2 Å². The number of carboxylic acids is 1. The molecule has 0 radical (unpaired) electrons. The van der Waals surface area contributed by atoms with E-state index in [-0.39, 0.29) is 58.4 Å². The Bertz CT molecular complexity index is 1740. The minimum Gasteiger partial charge on any atom is -0.507 e. The summed E-state index contributed by atoms with van der Waals surface area (Å²) in [5, 5.41) is 21.8. The third kappa shape index (κ3) is 3.85. The van der Waals surface area contributed by atoms with Crippen LogP contribution >= 0.6 is 0 Å². The Kier molecular flexibility index (Phi) is 6.53. The van der Waals surface area contributed by atoms with Crippen molar-refractivity contribution in [1.82, 2.24) is 0 Å². The molecule has 2 saturated carbocycles. The molecule has 8 nitrogen and oxygen atoms in total. The molecule has 3 fully saturated rings. The molecule has 8 heteroatoms. The summed E-state index contributed by atoms with van der Waals surface area (Å²) in [7, 11) is 0. The molecule has 2 N–H and O–H groups in total. The summed E-state index contributed by atoms with van der Waals surface area (Å²) in [6.07, 6.45) is 8.47. The molecule has 0 aromatic heterocycles. The second-order valence-electron chi connectivity index (χ2n) is 15.5. The van der Waals surface area contributed by atoms with E-state index in [0.29, 0.717) is 41.7 Å². The van der Waals surface area contributed by atoms with E-state index in [1.807, 2.05) is 34.6 Å². The normalized spacial score (nSPS) is 36.1. The molecule has 3 aliphatic heterocycles. The Hall–Kier alpha value is -3.65. The van der Waals surface area contributed by atoms with Crippen LogP contribution in [0.25, 0.3) is 0 Å². The summed E-state index contributed by atoms with van der Waals surface area (Å²) in [5.41, 5.74) is -0.519. The Labute approximate surface area is 270 Å². The molecule has 3 unspecified atom stereocenters. The Morgan fingerprint density at radius 1 is 1.09 bits per heavy atom. The maximum Gasteiger partial charge on any atom is 0.330 e. The Morgan fingerprint density at radius 2 is 1.80 bits per heavy atom. The lowest BCUT2D eigenvalue weighted by atomic mass is 9.51. The molecule has 8 rings (SSSR count). The van der Waals surface area contributed by atoms with Crippen molar-refractivity contribution in [2.75, 3.05) is 0 Å². The van der Waals surface area contributed by atoms with Gasteiger partial charge in [0.05, 0.1) is 5.60 Å². The first-order valence-corrected chi connectivity index (χ1v) is 16.5. The van der Waals surface area contributed by atoms with Crippen molar-refractivity contribution in [3.63, 3.8) is 0 Å². The first-order valence-electron chi connectivity index (χ1n) is 16.5. The second kappa shape index (κ2) is 9.69. The van der Waals surface area contributed by atoms with Gasteiger partial charge in [0.2, 0.25) is 0 Å². The van der Waals surface area contributed by atoms with Crippen molar-refractivity contribution >= 4 is 17.5 Å². The quantitative estimate of drug-likeness (QED) is 0.257. The second-order valence-corrected chi connectivity index (χ2v) is 15.5. The number of aromatic hydroxyl groups is 1. The van der Waals surface area contributed by atoms with Crippen molar-refractivity contribution in [3.05, 3.63) is 63.8 Å². The van der Waals surface area contributed by atoms with Crippen molar-refractivity contribution in [2.24, 2.45) is 17.8 Å². The van der Waals surface area contributed by atoms with Crippen LogP contribution in [-0.4, -0.2) is 50.2 Å². The lowest BCUT2D eigenvalue weighted by Crippen LogP contribution is -2.72. The highest BCUT2D eigenvalue weighted by atomic mass is 16.6. The third-order valence-corrected chi connectivity index (χ3v) is 11.8. The largest absolute Gasteiger partial charge is 0.507 e. The number of allylic oxidation sites excluding steroid dienone is 4. The predicted octanol–water partition coefficient (Wildman–Crippen LogP) is 6.94. The van der Waals surface area contributed by atoms with E-state index < -0.39 is 34.3 Å². The van der Waals surface area contributed by atoms with Gasteiger partial charge in [-0.15, -0.1) is 0 Å². The van der Waals surface area contributed by atoms with Crippen LogP contribution in [0.2, 0.25) is 0 Å². The number of phenolic OH excluding ortho intramolecular Hbond substituents is 1. The molecular formula is C38H44O8. The fraction of sp³-hybridized carbons (Fsp3) is 0.553. The molecule has 7 atom stereocenters. The minimum atomic E-state index is -1.62. The molecule has 0 amide bonds. The summed E-state index contributed by atoms with van der Waals surface area (Å²) in [6.45, 7) is 17.7. The molecule has 46 heavy (non-hydrogen) atoms. The van der Waals surface area contributed by atoms with Gasteiger partial charge in [0.25, 0.3) is 0 Å². The summed E-state index contributed by atoms with van der Waals surface area (Å²) in [4.78, 5) is 41.1. The van der Waals surface area contributed by atoms with Gasteiger partial charge in [-0.1, -0.05) is 36.0 Å². The van der Waals surface area contributed by atoms with E-state index in [0.717, 1.165) is 24.0 Å². The van der Waals surface area contributed by atoms with E-state index in [2.05, 4.69) is 19.6 Å². The van der Waals surface area contributed by atoms with E-state index in [4.69, 9.17) is 14.2 Å². The smallest absolute Gasteiger partial charge is 0.330 e. The number of carbonyl (C=O) groups excluding carboxylic acids is 2. The molecular weight excluding hydrogens is 584 g/mol. The molecule has 6 bridgehead atoms. The Morgan fingerprint density at radius 3 is 2.46 bits per heavy atom. The van der Waals surface area contributed by atoms with E-state index in [1.54, 1.807) is 6.08 Å². The van der Waals surface area contributed by atoms with Crippen molar-refractivity contribution in [3.8, 4) is 17.2 Å². The number of carbonyl (C=O) groups is 3. The first-order chi connectivity index (χ1) is 21.5. The van der Waals surface area contributed by atoms with Gasteiger partial charge in [0.15, 0.2) is 22.8 Å². The number of rotatable bonds is 6. The van der Waals surface area contributed by atoms with Gasteiger partial charge in [-0.05, 0) is 86.5 Å². The average molecular weight is 629 g/mol. The van der Waals surface area contributed by atoms with Crippen LogP contribution < -0.4 is 9.47 Å². The zero-order valence-corrected chi connectivity index (χ0v) is 27.8. The van der Waals surface area contributed by atoms with Crippen molar-refractivity contribution in [1.29, 1.82) is 0 Å². The van der Waals surface area contributed by atoms with Gasteiger partial charge in [-0.2, -0.15) is 0 Å². The number of hydrogen-bond acceptors (Lipinski definition) is 7. The molecule has 1 spiro atoms. The lowest BCUT2D eigenvalue weighted by Gasteiger charge is -2.56. The standard InChI is InChI=1S/C38H44O8/c1-18(2)9-10-23-31-27(24-17-36(8,44-31)13-12-22(24)19(3)4)30(40)28-29(39)25-15-21-16-26-35(6,7)46-37(33(21)41,14-11-20(5)34(42)43)38(25,26)45-32(23)28/h9,11,15,21-22,24,26,40H,3,10,12-14,16-17H2,1-2,4-8H3,(H,42,43)/b20-11+/t21-,22-,24?,26?,36+,37?,38-/m1/s1. The van der Waals surface area contributed by atoms with Gasteiger partial charge in [0, 0.05) is 46.4 Å². The summed E-state index contributed by atoms with van der Waals surface area (Å²) in [6, 6.07) is 0. The van der Waals surface area contributed by atoms with Crippen LogP contribution in [0, 0.1) is 17.8 Å². The molecule has 1 aromatic rings. The highest BCUT2D eigenvalue weighted by molar-refractivity contribution is 6.18. The average Bonchev–Trinajstić information content (AvgIpc) is 3.11. The third-order valence-electron chi connectivity index (χ3n) is 11.8. The van der Waals surface area contributed by atoms with Crippen LogP contribution in [0.1, 0.15) is 108 Å². The van der Waals surface area contributed by atoms with Crippen LogP contribution in [0.4, 0.5) is 0 Å². The highest BCUT2D eigenvalue weighted by Crippen LogP contribution is 2.69. The van der Waals surface area contributed by atoms with Gasteiger partial charge < -0.3 is 24.4 Å². The van der Waals surface area contributed by atoms with Gasteiger partial charge in [0.1, 0.15) is 28.4 Å². The zero-order chi connectivity index (χ0) is 33.3. The number of Topliss-reactive ketones (excluding diaryl/α,β-unsaturated/α-hetero) is 2. The number of fused-ring (bicyclic) bond motifs is 5. The zero-order valence-electron chi connectivity index (χ0n) is 27.8. The number of ether oxygens (including phenoxy) is 3. The number of carboxylic acid groups (broad SMARTS) is 1. The van der Waals surface area contributed by atoms with E-state index in [9.17, 15) is 24.6 Å². The highest BCUT2D eigenvalue weighted by Gasteiger charge is 2.81. The molecule has 7 aliphatic rings. The number of aliphatic carboxylic acids is 1. The summed E-state index contributed by atoms with van der Waals surface area (Å²) in [5.74, 6) is -1.93. The van der Waals surface area contributed by atoms with E-state index in [1.165, 1.54) is 13.0 Å². The number of phenols is 1. The van der Waals surface area contributed by atoms with Crippen LogP contribution in [0.3, 0.4) is 0 Å². The monoisotopic (exact) mass is 628 g/mol. The van der Waals surface area contributed by atoms with Crippen LogP contribution in [0.15, 0.2) is 47.1 Å². The maximum atomic E-state index is 15.0. The predicted molar refractivity (Wildman–Crippen MR) is 171 cm³/mol. The van der Waals surface area contributed by atoms with Gasteiger partial charge in [-0.25, -0.2) is 4.79 Å². The number of benzene rings is 1. The summed E-state index contributed by atoms with van der Waals surface area (Å²) >= 11 is 0. The number of ketones is 2. The Balaban J connectivity index is 1.52. The van der Waals surface area contributed by atoms with E-state index >= 15 is 0 Å². The van der Waals surface area contributed by atoms with Crippen molar-refractivity contribution < 1.29 is 38.8 Å². The fourth-order valence-electron chi connectivity index (χ4n) is 9.66. The topological polar surface area (TPSA) is 119 Å². The SMILES string of the molecule is C=C(C)[C@H]1CC[C@@]2(C)CC1c1c(O)c3c(c(CC=C(C)C)c1O2)O[C@]12C(=C[C@@H]4CC1C(C)(C)OC2(C/C=C(\C)C(=O)O)C4=O)C3=O. The minimum absolute atomic E-state index is 0.0580. The molecule has 3 heterocycles. The first kappa shape index (κ1) is 31.0. The maximum absolute atomic E-state index is 15.0. The molecule has 1 saturated heterocycles. The van der Waals surface area contributed by atoms with Gasteiger partial charge in [-0.3, -0.25) is 9.59 Å². The molecule has 244 valence electrons. The van der Waals surface area contributed by atoms with Gasteiger partial charge >= 0.3 is 5.97 Å².